The first-order valence-electron chi connectivity index (χ1n) is 14.3. The summed E-state index contributed by atoms with van der Waals surface area (Å²) in [4.78, 5) is 33.0. The van der Waals surface area contributed by atoms with E-state index in [4.69, 9.17) is 0 Å². The number of hydrogen-bond donors (Lipinski definition) is 2. The summed E-state index contributed by atoms with van der Waals surface area (Å²) in [6.45, 7) is 8.20. The van der Waals surface area contributed by atoms with Crippen molar-refractivity contribution < 1.29 is 9.59 Å². The van der Waals surface area contributed by atoms with Gasteiger partial charge in [0.2, 0.25) is 5.91 Å². The summed E-state index contributed by atoms with van der Waals surface area (Å²) in [5, 5.41) is 4.26. The fourth-order valence-corrected chi connectivity index (χ4v) is 5.87. The number of hydrogen-bond acceptors (Lipinski definition) is 2. The summed E-state index contributed by atoms with van der Waals surface area (Å²) < 4.78 is 0. The van der Waals surface area contributed by atoms with Gasteiger partial charge in [-0.3, -0.25) is 9.59 Å². The zero-order valence-electron chi connectivity index (χ0n) is 23.5. The molecule has 2 N–H and O–H groups in total. The molecule has 5 nitrogen and oxygen atoms in total. The minimum absolute atomic E-state index is 0.0616. The van der Waals surface area contributed by atoms with E-state index in [9.17, 15) is 9.59 Å². The van der Waals surface area contributed by atoms with E-state index in [0.717, 1.165) is 46.1 Å². The highest BCUT2D eigenvalue weighted by Gasteiger charge is 2.44. The minimum Gasteiger partial charge on any atom is -0.354 e. The molecule has 2 amide bonds. The number of rotatable bonds is 10. The predicted molar refractivity (Wildman–Crippen MR) is 159 cm³/mol. The number of nitrogens with one attached hydrogen (secondary N) is 2. The number of amides is 2. The van der Waals surface area contributed by atoms with Gasteiger partial charge in [0, 0.05) is 28.1 Å². The Kier molecular flexibility index (Phi) is 7.87. The molecule has 202 valence electrons. The maximum atomic E-state index is 13.9. The molecular formula is C34H39N3O2. The normalized spacial score (nSPS) is 16.4. The van der Waals surface area contributed by atoms with E-state index in [2.05, 4.69) is 67.5 Å². The molecule has 3 atom stereocenters. The van der Waals surface area contributed by atoms with Gasteiger partial charge in [-0.2, -0.15) is 0 Å². The number of aromatic amines is 1. The molecule has 0 radical (unpaired) electrons. The van der Waals surface area contributed by atoms with Crippen LogP contribution in [0.15, 0.2) is 72.8 Å². The summed E-state index contributed by atoms with van der Waals surface area (Å²) in [5.41, 5.74) is 6.86. The highest BCUT2D eigenvalue weighted by atomic mass is 16.2. The molecular weight excluding hydrogens is 482 g/mol. The van der Waals surface area contributed by atoms with Gasteiger partial charge in [-0.15, -0.1) is 0 Å². The van der Waals surface area contributed by atoms with Crippen molar-refractivity contribution in [3.05, 3.63) is 95.1 Å². The van der Waals surface area contributed by atoms with Gasteiger partial charge in [-0.05, 0) is 50.5 Å². The predicted octanol–water partition coefficient (Wildman–Crippen LogP) is 7.55. The molecule has 3 unspecified atom stereocenters. The topological polar surface area (TPSA) is 65.2 Å². The van der Waals surface area contributed by atoms with Gasteiger partial charge >= 0.3 is 0 Å². The Balaban J connectivity index is 1.56. The molecule has 0 aliphatic carbocycles. The van der Waals surface area contributed by atoms with Crippen LogP contribution >= 0.6 is 0 Å². The summed E-state index contributed by atoms with van der Waals surface area (Å²) in [6, 6.07) is 23.5. The van der Waals surface area contributed by atoms with Crippen LogP contribution in [0.3, 0.4) is 0 Å². The smallest absolute Gasteiger partial charge is 0.255 e. The molecule has 0 bridgehead atoms. The molecule has 1 aromatic heterocycles. The van der Waals surface area contributed by atoms with E-state index in [-0.39, 0.29) is 23.9 Å². The van der Waals surface area contributed by atoms with Crippen molar-refractivity contribution in [3.8, 4) is 11.3 Å². The summed E-state index contributed by atoms with van der Waals surface area (Å²) >= 11 is 0. The van der Waals surface area contributed by atoms with Crippen molar-refractivity contribution in [2.45, 2.75) is 77.9 Å². The number of H-pyrrole nitrogens is 1. The zero-order chi connectivity index (χ0) is 27.5. The molecule has 0 saturated carbocycles. The number of aromatic nitrogens is 1. The average molecular weight is 522 g/mol. The monoisotopic (exact) mass is 521 g/mol. The Morgan fingerprint density at radius 3 is 2.44 bits per heavy atom. The van der Waals surface area contributed by atoms with Crippen LogP contribution in [0.4, 0.5) is 0 Å². The zero-order valence-corrected chi connectivity index (χ0v) is 23.5. The van der Waals surface area contributed by atoms with Gasteiger partial charge in [0.25, 0.3) is 5.91 Å². The molecule has 2 heterocycles. The van der Waals surface area contributed by atoms with Crippen molar-refractivity contribution in [2.75, 3.05) is 0 Å². The van der Waals surface area contributed by atoms with Crippen LogP contribution in [-0.2, 0) is 4.79 Å². The molecule has 0 fully saturated rings. The van der Waals surface area contributed by atoms with Crippen LogP contribution in [0, 0.1) is 6.92 Å². The lowest BCUT2D eigenvalue weighted by molar-refractivity contribution is -0.126. The van der Waals surface area contributed by atoms with Crippen molar-refractivity contribution in [3.63, 3.8) is 0 Å². The summed E-state index contributed by atoms with van der Waals surface area (Å²) in [6.07, 6.45) is 5.62. The summed E-state index contributed by atoms with van der Waals surface area (Å²) in [7, 11) is 0. The largest absolute Gasteiger partial charge is 0.354 e. The van der Waals surface area contributed by atoms with Crippen LogP contribution in [0.5, 0.6) is 0 Å². The lowest BCUT2D eigenvalue weighted by atomic mass is 9.92. The number of aryl methyl sites for hydroxylation is 1. The van der Waals surface area contributed by atoms with Crippen molar-refractivity contribution in [2.24, 2.45) is 0 Å². The van der Waals surface area contributed by atoms with Crippen molar-refractivity contribution in [1.82, 2.24) is 15.2 Å². The first kappa shape index (κ1) is 26.7. The third-order valence-corrected chi connectivity index (χ3v) is 8.03. The average Bonchev–Trinajstić information content (AvgIpc) is 3.46. The first-order chi connectivity index (χ1) is 18.9. The molecule has 0 saturated heterocycles. The fourth-order valence-electron chi connectivity index (χ4n) is 5.87. The van der Waals surface area contributed by atoms with Gasteiger partial charge in [-0.1, -0.05) is 98.8 Å². The maximum Gasteiger partial charge on any atom is 0.255 e. The number of carbonyl (C=O) groups is 2. The van der Waals surface area contributed by atoms with Crippen LogP contribution < -0.4 is 5.32 Å². The standard InChI is InChI=1S/C34H39N3O2/c1-5-6-7-8-13-23(3)35-33(38)24(4)37-32(26-14-9-10-15-27(26)34(37)39)30-28-16-11-12-17-29(28)36-31(30)25-20-18-22(2)19-21-25/h9-12,14-21,23-24,32,36H,5-8,13H2,1-4H3,(H,35,38). The van der Waals surface area contributed by atoms with Crippen LogP contribution in [0.2, 0.25) is 0 Å². The van der Waals surface area contributed by atoms with E-state index < -0.39 is 6.04 Å². The van der Waals surface area contributed by atoms with E-state index in [0.29, 0.717) is 5.56 Å². The minimum atomic E-state index is -0.632. The van der Waals surface area contributed by atoms with Gasteiger partial charge < -0.3 is 15.2 Å². The molecule has 0 spiro atoms. The number of carbonyl (C=O) groups excluding carboxylic acids is 2. The number of para-hydroxylation sites is 1. The maximum absolute atomic E-state index is 13.9. The second-order valence-electron chi connectivity index (χ2n) is 11.0. The molecule has 4 aromatic rings. The molecule has 5 heteroatoms. The highest BCUT2D eigenvalue weighted by Crippen LogP contribution is 2.46. The Morgan fingerprint density at radius 2 is 1.67 bits per heavy atom. The molecule has 1 aliphatic heterocycles. The Labute approximate surface area is 231 Å². The van der Waals surface area contributed by atoms with Gasteiger partial charge in [0.05, 0.1) is 11.7 Å². The van der Waals surface area contributed by atoms with Crippen LogP contribution in [0.1, 0.15) is 86.0 Å². The van der Waals surface area contributed by atoms with Crippen molar-refractivity contribution in [1.29, 1.82) is 0 Å². The second kappa shape index (κ2) is 11.5. The number of benzene rings is 3. The number of nitrogens with zero attached hydrogens (tertiary/aromatic N) is 1. The number of fused-ring (bicyclic) bond motifs is 2. The van der Waals surface area contributed by atoms with Gasteiger partial charge in [0.15, 0.2) is 0 Å². The van der Waals surface area contributed by atoms with E-state index in [1.54, 1.807) is 4.90 Å². The van der Waals surface area contributed by atoms with Gasteiger partial charge in [0.1, 0.15) is 6.04 Å². The quantitative estimate of drug-likeness (QED) is 0.212. The molecule has 3 aromatic carbocycles. The fraction of sp³-hybridized carbons (Fsp3) is 0.353. The third kappa shape index (κ3) is 5.23. The highest BCUT2D eigenvalue weighted by molar-refractivity contribution is 6.04. The van der Waals surface area contributed by atoms with E-state index in [1.807, 2.05) is 43.3 Å². The van der Waals surface area contributed by atoms with Crippen LogP contribution in [0.25, 0.3) is 22.2 Å². The SMILES string of the molecule is CCCCCCC(C)NC(=O)C(C)N1C(=O)c2ccccc2C1c1c(-c2ccc(C)cc2)[nH]c2ccccc12. The van der Waals surface area contributed by atoms with E-state index >= 15 is 0 Å². The third-order valence-electron chi connectivity index (χ3n) is 8.03. The van der Waals surface area contributed by atoms with Gasteiger partial charge in [-0.25, -0.2) is 0 Å². The lowest BCUT2D eigenvalue weighted by Crippen LogP contribution is -2.49. The molecule has 39 heavy (non-hydrogen) atoms. The number of unbranched alkanes of at least 4 members (excludes halogenated alkanes) is 3. The van der Waals surface area contributed by atoms with Crippen molar-refractivity contribution >= 4 is 22.7 Å². The first-order valence-corrected chi connectivity index (χ1v) is 14.3. The second-order valence-corrected chi connectivity index (χ2v) is 11.0. The lowest BCUT2D eigenvalue weighted by Gasteiger charge is -2.32. The summed E-state index contributed by atoms with van der Waals surface area (Å²) in [5.74, 6) is -0.213. The van der Waals surface area contributed by atoms with E-state index in [1.165, 1.54) is 24.8 Å². The molecule has 5 rings (SSSR count). The van der Waals surface area contributed by atoms with Crippen LogP contribution in [-0.4, -0.2) is 33.8 Å². The Hall–Kier alpha value is -3.86. The molecule has 1 aliphatic rings. The Morgan fingerprint density at radius 1 is 0.949 bits per heavy atom. The Bertz CT molecular complexity index is 1470.